The third-order valence-corrected chi connectivity index (χ3v) is 2.85. The summed E-state index contributed by atoms with van der Waals surface area (Å²) < 4.78 is 0. The first kappa shape index (κ1) is 11.5. The summed E-state index contributed by atoms with van der Waals surface area (Å²) in [6, 6.07) is 0.652. The number of hydrogen-bond acceptors (Lipinski definition) is 2. The smallest absolute Gasteiger partial charge is 0.221 e. The Morgan fingerprint density at radius 3 is 2.79 bits per heavy atom. The van der Waals surface area contributed by atoms with Gasteiger partial charge in [-0.1, -0.05) is 6.92 Å². The van der Waals surface area contributed by atoms with Gasteiger partial charge in [0.25, 0.3) is 0 Å². The molecule has 3 heteroatoms. The second kappa shape index (κ2) is 6.02. The molecular weight excluding hydrogens is 176 g/mol. The van der Waals surface area contributed by atoms with Crippen LogP contribution in [0.2, 0.25) is 0 Å². The standard InChI is InChI=1S/C11H22N2O/c1-3-12-11(14)6-7-13-10-5-4-9(2)8-10/h9-10,13H,3-8H2,1-2H3,(H,12,14). The van der Waals surface area contributed by atoms with E-state index >= 15 is 0 Å². The zero-order valence-electron chi connectivity index (χ0n) is 9.31. The fourth-order valence-corrected chi connectivity index (χ4v) is 2.07. The second-order valence-electron chi connectivity index (χ2n) is 4.27. The third kappa shape index (κ3) is 4.09. The van der Waals surface area contributed by atoms with Crippen LogP contribution in [0.3, 0.4) is 0 Å². The average molecular weight is 198 g/mol. The number of carbonyl (C=O) groups excluding carboxylic acids is 1. The summed E-state index contributed by atoms with van der Waals surface area (Å²) in [7, 11) is 0. The molecule has 1 saturated carbocycles. The maximum atomic E-state index is 11.1. The predicted octanol–water partition coefficient (Wildman–Crippen LogP) is 1.29. The van der Waals surface area contributed by atoms with Crippen molar-refractivity contribution in [3.63, 3.8) is 0 Å². The van der Waals surface area contributed by atoms with Crippen LogP contribution >= 0.6 is 0 Å². The Bertz CT molecular complexity index is 182. The van der Waals surface area contributed by atoms with Crippen molar-refractivity contribution in [2.75, 3.05) is 13.1 Å². The lowest BCUT2D eigenvalue weighted by Crippen LogP contribution is -2.32. The first-order valence-electron chi connectivity index (χ1n) is 5.72. The van der Waals surface area contributed by atoms with Crippen molar-refractivity contribution >= 4 is 5.91 Å². The van der Waals surface area contributed by atoms with Gasteiger partial charge in [0.05, 0.1) is 0 Å². The highest BCUT2D eigenvalue weighted by Gasteiger charge is 2.20. The average Bonchev–Trinajstić information content (AvgIpc) is 2.52. The van der Waals surface area contributed by atoms with Gasteiger partial charge in [-0.25, -0.2) is 0 Å². The van der Waals surface area contributed by atoms with Crippen LogP contribution in [0.15, 0.2) is 0 Å². The van der Waals surface area contributed by atoms with Crippen LogP contribution in [-0.4, -0.2) is 25.0 Å². The van der Waals surface area contributed by atoms with E-state index in [1.165, 1.54) is 19.3 Å². The molecule has 0 bridgehead atoms. The van der Waals surface area contributed by atoms with Crippen molar-refractivity contribution in [2.45, 2.75) is 45.6 Å². The number of carbonyl (C=O) groups is 1. The molecule has 2 N–H and O–H groups in total. The fourth-order valence-electron chi connectivity index (χ4n) is 2.07. The van der Waals surface area contributed by atoms with Crippen LogP contribution in [0.1, 0.15) is 39.5 Å². The van der Waals surface area contributed by atoms with Gasteiger partial charge in [-0.2, -0.15) is 0 Å². The minimum atomic E-state index is 0.158. The zero-order valence-corrected chi connectivity index (χ0v) is 9.31. The Balaban J connectivity index is 2.01. The van der Waals surface area contributed by atoms with Gasteiger partial charge in [0.15, 0.2) is 0 Å². The summed E-state index contributed by atoms with van der Waals surface area (Å²) in [4.78, 5) is 11.1. The molecule has 1 amide bonds. The number of hydrogen-bond donors (Lipinski definition) is 2. The molecule has 0 aromatic heterocycles. The van der Waals surface area contributed by atoms with E-state index in [-0.39, 0.29) is 5.91 Å². The molecule has 1 fully saturated rings. The largest absolute Gasteiger partial charge is 0.356 e. The van der Waals surface area contributed by atoms with Gasteiger partial charge in [0, 0.05) is 25.6 Å². The molecule has 0 heterocycles. The van der Waals surface area contributed by atoms with Gasteiger partial charge in [-0.05, 0) is 32.1 Å². The third-order valence-electron chi connectivity index (χ3n) is 2.85. The molecule has 14 heavy (non-hydrogen) atoms. The summed E-state index contributed by atoms with van der Waals surface area (Å²) in [5.74, 6) is 1.02. The monoisotopic (exact) mass is 198 g/mol. The zero-order chi connectivity index (χ0) is 10.4. The lowest BCUT2D eigenvalue weighted by molar-refractivity contribution is -0.120. The Morgan fingerprint density at radius 1 is 1.43 bits per heavy atom. The molecule has 0 aromatic carbocycles. The van der Waals surface area contributed by atoms with Gasteiger partial charge >= 0.3 is 0 Å². The Morgan fingerprint density at radius 2 is 2.21 bits per heavy atom. The van der Waals surface area contributed by atoms with Crippen LogP contribution in [-0.2, 0) is 4.79 Å². The normalized spacial score (nSPS) is 26.4. The van der Waals surface area contributed by atoms with Crippen molar-refractivity contribution < 1.29 is 4.79 Å². The molecule has 1 aliphatic carbocycles. The molecule has 0 aromatic rings. The van der Waals surface area contributed by atoms with Gasteiger partial charge in [0.2, 0.25) is 5.91 Å². The first-order chi connectivity index (χ1) is 6.72. The van der Waals surface area contributed by atoms with E-state index < -0.39 is 0 Å². The molecule has 1 aliphatic rings. The van der Waals surface area contributed by atoms with E-state index in [4.69, 9.17) is 0 Å². The van der Waals surface area contributed by atoms with Crippen LogP contribution in [0.4, 0.5) is 0 Å². The molecule has 0 aliphatic heterocycles. The van der Waals surface area contributed by atoms with E-state index in [1.807, 2.05) is 6.92 Å². The Kier molecular flexibility index (Phi) is 4.94. The molecule has 2 atom stereocenters. The van der Waals surface area contributed by atoms with Crippen molar-refractivity contribution in [3.05, 3.63) is 0 Å². The van der Waals surface area contributed by atoms with Crippen LogP contribution in [0, 0.1) is 5.92 Å². The van der Waals surface area contributed by atoms with E-state index in [9.17, 15) is 4.79 Å². The topological polar surface area (TPSA) is 41.1 Å². The minimum absolute atomic E-state index is 0.158. The van der Waals surface area contributed by atoms with Crippen LogP contribution in [0.5, 0.6) is 0 Å². The van der Waals surface area contributed by atoms with Crippen molar-refractivity contribution in [1.29, 1.82) is 0 Å². The first-order valence-corrected chi connectivity index (χ1v) is 5.72. The quantitative estimate of drug-likeness (QED) is 0.699. The molecular formula is C11H22N2O. The number of amides is 1. The number of nitrogens with one attached hydrogen (secondary N) is 2. The number of rotatable bonds is 5. The van der Waals surface area contributed by atoms with Crippen molar-refractivity contribution in [3.8, 4) is 0 Å². The lowest BCUT2D eigenvalue weighted by Gasteiger charge is -2.11. The maximum Gasteiger partial charge on any atom is 0.221 e. The van der Waals surface area contributed by atoms with Gasteiger partial charge < -0.3 is 10.6 Å². The summed E-state index contributed by atoms with van der Waals surface area (Å²) in [6.45, 7) is 5.80. The van der Waals surface area contributed by atoms with E-state index in [0.717, 1.165) is 19.0 Å². The second-order valence-corrected chi connectivity index (χ2v) is 4.27. The van der Waals surface area contributed by atoms with E-state index in [2.05, 4.69) is 17.6 Å². The minimum Gasteiger partial charge on any atom is -0.356 e. The molecule has 1 rings (SSSR count). The fraction of sp³-hybridized carbons (Fsp3) is 0.909. The molecule has 82 valence electrons. The van der Waals surface area contributed by atoms with Gasteiger partial charge in [-0.15, -0.1) is 0 Å². The highest BCUT2D eigenvalue weighted by Crippen LogP contribution is 2.24. The molecule has 0 spiro atoms. The Hall–Kier alpha value is -0.570. The highest BCUT2D eigenvalue weighted by molar-refractivity contribution is 5.75. The lowest BCUT2D eigenvalue weighted by atomic mass is 10.1. The van der Waals surface area contributed by atoms with Gasteiger partial charge in [0.1, 0.15) is 0 Å². The van der Waals surface area contributed by atoms with Gasteiger partial charge in [-0.3, -0.25) is 4.79 Å². The molecule has 0 radical (unpaired) electrons. The summed E-state index contributed by atoms with van der Waals surface area (Å²) in [5.41, 5.74) is 0. The van der Waals surface area contributed by atoms with Crippen LogP contribution < -0.4 is 10.6 Å². The van der Waals surface area contributed by atoms with Crippen LogP contribution in [0.25, 0.3) is 0 Å². The SMILES string of the molecule is CCNC(=O)CCNC1CCC(C)C1. The molecule has 2 unspecified atom stereocenters. The summed E-state index contributed by atoms with van der Waals surface area (Å²) in [5, 5.41) is 6.24. The Labute approximate surface area is 86.6 Å². The summed E-state index contributed by atoms with van der Waals surface area (Å²) in [6.07, 6.45) is 4.49. The highest BCUT2D eigenvalue weighted by atomic mass is 16.1. The van der Waals surface area contributed by atoms with Crippen molar-refractivity contribution in [1.82, 2.24) is 10.6 Å². The van der Waals surface area contributed by atoms with E-state index in [0.29, 0.717) is 12.5 Å². The predicted molar refractivity (Wildman–Crippen MR) is 58.1 cm³/mol. The van der Waals surface area contributed by atoms with E-state index in [1.54, 1.807) is 0 Å². The maximum absolute atomic E-state index is 11.1. The van der Waals surface area contributed by atoms with Crippen molar-refractivity contribution in [2.24, 2.45) is 5.92 Å². The molecule has 0 saturated heterocycles. The summed E-state index contributed by atoms with van der Waals surface area (Å²) >= 11 is 0. The molecule has 3 nitrogen and oxygen atoms in total.